The van der Waals surface area contributed by atoms with Gasteiger partial charge in [0.05, 0.1) is 29.3 Å². The van der Waals surface area contributed by atoms with Crippen molar-refractivity contribution >= 4 is 63.3 Å². The summed E-state index contributed by atoms with van der Waals surface area (Å²) >= 11 is 3.36. The fraction of sp³-hybridized carbons (Fsp3) is 0.246. The maximum atomic E-state index is 5.06. The molecule has 1 atom stereocenters. The van der Waals surface area contributed by atoms with Crippen molar-refractivity contribution in [2.24, 2.45) is 4.99 Å². The fourth-order valence-electron chi connectivity index (χ4n) is 7.16. The third-order valence-corrected chi connectivity index (χ3v) is 12.3. The zero-order valence-electron chi connectivity index (χ0n) is 38.4. The second-order valence-corrected chi connectivity index (χ2v) is 18.1. The van der Waals surface area contributed by atoms with E-state index in [-0.39, 0.29) is 53.5 Å². The Morgan fingerprint density at radius 2 is 0.954 bits per heavy atom. The van der Waals surface area contributed by atoms with Crippen molar-refractivity contribution in [3.63, 3.8) is 0 Å². The van der Waals surface area contributed by atoms with Gasteiger partial charge in [-0.2, -0.15) is 36.4 Å². The van der Waals surface area contributed by atoms with Crippen molar-refractivity contribution in [2.45, 2.75) is 92.5 Å². The third-order valence-electron chi connectivity index (χ3n) is 10.5. The predicted octanol–water partition coefficient (Wildman–Crippen LogP) is 13.8. The summed E-state index contributed by atoms with van der Waals surface area (Å²) in [5.74, 6) is 1.77. The number of nitrogens with one attached hydrogen (secondary N) is 1. The maximum absolute atomic E-state index is 5.06. The minimum Gasteiger partial charge on any atom is -1.00 e. The molecule has 0 saturated carbocycles. The van der Waals surface area contributed by atoms with Gasteiger partial charge in [-0.1, -0.05) is 190 Å². The molecular formula is C57H63BrMgN4S2. The van der Waals surface area contributed by atoms with Crippen LogP contribution in [0.4, 0.5) is 11.4 Å². The predicted molar refractivity (Wildman–Crippen MR) is 281 cm³/mol. The number of para-hydroxylation sites is 2. The summed E-state index contributed by atoms with van der Waals surface area (Å²) in [6.07, 6.45) is 1.90. The molecule has 0 radical (unpaired) electrons. The summed E-state index contributed by atoms with van der Waals surface area (Å²) in [5.41, 5.74) is 13.1. The normalized spacial score (nSPS) is 11.1. The summed E-state index contributed by atoms with van der Waals surface area (Å²) in [5, 5.41) is 10.3. The molecule has 0 saturated heterocycles. The zero-order valence-corrected chi connectivity index (χ0v) is 43.0. The van der Waals surface area contributed by atoms with Crippen molar-refractivity contribution in [2.75, 3.05) is 5.32 Å². The molecule has 6 aromatic carbocycles. The van der Waals surface area contributed by atoms with Gasteiger partial charge in [-0.25, -0.2) is 9.97 Å². The van der Waals surface area contributed by atoms with Crippen molar-refractivity contribution in [3.05, 3.63) is 214 Å². The number of aromatic nitrogens is 2. The molecule has 8 aromatic rings. The van der Waals surface area contributed by atoms with Gasteiger partial charge in [-0.05, 0) is 51.5 Å². The molecule has 2 aromatic heterocycles. The van der Waals surface area contributed by atoms with Crippen LogP contribution in [0.25, 0.3) is 21.1 Å². The van der Waals surface area contributed by atoms with E-state index in [1.165, 1.54) is 33.5 Å². The van der Waals surface area contributed by atoms with E-state index in [0.29, 0.717) is 23.7 Å². The van der Waals surface area contributed by atoms with E-state index in [4.69, 9.17) is 15.0 Å². The van der Waals surface area contributed by atoms with Crippen LogP contribution in [0.1, 0.15) is 132 Å². The van der Waals surface area contributed by atoms with Gasteiger partial charge in [-0.15, -0.1) is 22.7 Å². The summed E-state index contributed by atoms with van der Waals surface area (Å²) < 4.78 is 0. The Balaban J connectivity index is 0.000000298. The first-order valence-corrected chi connectivity index (χ1v) is 23.4. The summed E-state index contributed by atoms with van der Waals surface area (Å²) in [7, 11) is 0. The average molecular weight is 973 g/mol. The minimum atomic E-state index is -0.00712. The first-order chi connectivity index (χ1) is 30.1. The number of anilines is 1. The molecular weight excluding hydrogens is 909 g/mol. The molecule has 0 aliphatic rings. The van der Waals surface area contributed by atoms with Crippen LogP contribution in [-0.2, 0) is 0 Å². The first-order valence-electron chi connectivity index (χ1n) is 21.6. The zero-order chi connectivity index (χ0) is 43.8. The molecule has 0 spiro atoms. The molecule has 0 amide bonds. The molecule has 8 rings (SSSR count). The minimum absolute atomic E-state index is 0. The van der Waals surface area contributed by atoms with Crippen molar-refractivity contribution in [1.82, 2.24) is 9.97 Å². The Morgan fingerprint density at radius 1 is 0.523 bits per heavy atom. The molecule has 1 N–H and O–H groups in total. The van der Waals surface area contributed by atoms with Gasteiger partial charge in [-0.3, -0.25) is 4.99 Å². The van der Waals surface area contributed by atoms with E-state index >= 15 is 0 Å². The Morgan fingerprint density at radius 3 is 1.40 bits per heavy atom. The Kier molecular flexibility index (Phi) is 23.3. The maximum Gasteiger partial charge on any atom is 2.00 e. The van der Waals surface area contributed by atoms with E-state index in [2.05, 4.69) is 181 Å². The van der Waals surface area contributed by atoms with Crippen LogP contribution in [0.5, 0.6) is 0 Å². The molecule has 332 valence electrons. The molecule has 0 aliphatic heterocycles. The fourth-order valence-corrected chi connectivity index (χ4v) is 8.79. The van der Waals surface area contributed by atoms with Crippen LogP contribution < -0.4 is 22.3 Å². The summed E-state index contributed by atoms with van der Waals surface area (Å²) in [6, 6.07) is 57.0. The molecule has 2 heterocycles. The molecule has 4 nitrogen and oxygen atoms in total. The van der Waals surface area contributed by atoms with E-state index in [1.54, 1.807) is 22.7 Å². The topological polar surface area (TPSA) is 50.2 Å². The smallest absolute Gasteiger partial charge is 1.00 e. The molecule has 8 heteroatoms. The number of nitrogens with zero attached hydrogens (tertiary/aromatic N) is 3. The van der Waals surface area contributed by atoms with Crippen LogP contribution in [0.2, 0.25) is 0 Å². The number of rotatable bonds is 12. The Bertz CT molecular complexity index is 2490. The standard InChI is InChI=1S/C28H30N2S.C22H24N2S.C6H5.CH4.BrH.Mg/c1-19(2)23-16-11-17-24(20(3)4)27(23)30-26(21-12-7-5-8-13-21)25-18-31-28(29-25)22-14-9-6-10-15-22;1-15(2)19-11-8-12-20(16(3)4)21(19)23-13-18-14-25-22(24-18)17-9-6-5-7-10-17;1-2-4-6-5-3-1;;;/h5-20,26,30H,1-4H3;5-16H,1-4H3;1-5H;1H4;1H;/q;;-1;;;+2/p-1. The van der Waals surface area contributed by atoms with E-state index in [1.807, 2.05) is 60.8 Å². The van der Waals surface area contributed by atoms with E-state index < -0.39 is 0 Å². The first kappa shape index (κ1) is 54.6. The van der Waals surface area contributed by atoms with Gasteiger partial charge in [0.15, 0.2) is 0 Å². The second kappa shape index (κ2) is 27.7. The van der Waals surface area contributed by atoms with Crippen LogP contribution in [0.15, 0.2) is 173 Å². The SMILES string of the molecule is C.CC(C)c1cccc(C(C)C)c1N=Cc1csc(-c2ccccc2)n1.CC(C)c1cccc(C(C)C)c1NC(c1ccccc1)c1csc(-c2ccccc2)n1.[Br-].[Mg+2].[c-]1ccccc1. The van der Waals surface area contributed by atoms with E-state index in [9.17, 15) is 0 Å². The number of hydrogen-bond donors (Lipinski definition) is 1. The number of benzene rings is 6. The van der Waals surface area contributed by atoms with Crippen molar-refractivity contribution in [1.29, 1.82) is 0 Å². The molecule has 0 aliphatic carbocycles. The van der Waals surface area contributed by atoms with Crippen LogP contribution in [-0.4, -0.2) is 39.2 Å². The third kappa shape index (κ3) is 15.4. The van der Waals surface area contributed by atoms with Gasteiger partial charge < -0.3 is 22.3 Å². The molecule has 65 heavy (non-hydrogen) atoms. The number of halogens is 1. The second-order valence-electron chi connectivity index (χ2n) is 16.4. The molecule has 0 bridgehead atoms. The molecule has 1 unspecified atom stereocenters. The monoisotopic (exact) mass is 970 g/mol. The number of aliphatic imine (C=N–C) groups is 1. The molecule has 0 fully saturated rings. The largest absolute Gasteiger partial charge is 2.00 e. The van der Waals surface area contributed by atoms with Crippen molar-refractivity contribution < 1.29 is 17.0 Å². The van der Waals surface area contributed by atoms with Crippen LogP contribution in [0, 0.1) is 6.07 Å². The van der Waals surface area contributed by atoms with Crippen LogP contribution >= 0.6 is 22.7 Å². The van der Waals surface area contributed by atoms with Gasteiger partial charge in [0.2, 0.25) is 0 Å². The van der Waals surface area contributed by atoms with Gasteiger partial charge >= 0.3 is 23.1 Å². The van der Waals surface area contributed by atoms with Gasteiger partial charge in [0.1, 0.15) is 10.0 Å². The number of thiazole rings is 2. The van der Waals surface area contributed by atoms with Gasteiger partial charge in [0, 0.05) is 27.6 Å². The summed E-state index contributed by atoms with van der Waals surface area (Å²) in [6.45, 7) is 17.9. The summed E-state index contributed by atoms with van der Waals surface area (Å²) in [4.78, 5) is 14.6. The average Bonchev–Trinajstić information content (AvgIpc) is 4.00. The quantitative estimate of drug-likeness (QED) is 0.0754. The van der Waals surface area contributed by atoms with Gasteiger partial charge in [0.25, 0.3) is 0 Å². The Hall–Kier alpha value is -4.70. The van der Waals surface area contributed by atoms with Crippen molar-refractivity contribution in [3.8, 4) is 21.1 Å². The van der Waals surface area contributed by atoms with Crippen LogP contribution in [0.3, 0.4) is 0 Å². The Labute approximate surface area is 424 Å². The number of hydrogen-bond acceptors (Lipinski definition) is 6. The van der Waals surface area contributed by atoms with E-state index in [0.717, 1.165) is 38.2 Å².